The number of aryl methyl sites for hydroxylation is 1. The summed E-state index contributed by atoms with van der Waals surface area (Å²) in [5.41, 5.74) is 2.59. The first-order valence-corrected chi connectivity index (χ1v) is 7.92. The van der Waals surface area contributed by atoms with Crippen molar-refractivity contribution in [2.45, 2.75) is 13.0 Å². The zero-order valence-electron chi connectivity index (χ0n) is 12.0. The van der Waals surface area contributed by atoms with Crippen molar-refractivity contribution in [1.82, 2.24) is 0 Å². The lowest BCUT2D eigenvalue weighted by molar-refractivity contribution is 0.214. The molecule has 0 fully saturated rings. The number of aliphatic hydroxyl groups is 1. The highest BCUT2D eigenvalue weighted by Crippen LogP contribution is 2.41. The van der Waals surface area contributed by atoms with E-state index in [1.807, 2.05) is 25.1 Å². The van der Waals surface area contributed by atoms with Crippen LogP contribution >= 0.6 is 31.9 Å². The first-order chi connectivity index (χ1) is 9.99. The van der Waals surface area contributed by atoms with Crippen LogP contribution in [0.2, 0.25) is 0 Å². The van der Waals surface area contributed by atoms with Gasteiger partial charge in [-0.05, 0) is 52.2 Å². The molecule has 0 amide bonds. The molecule has 112 valence electrons. The smallest absolute Gasteiger partial charge is 0.142 e. The Morgan fingerprint density at radius 2 is 1.76 bits per heavy atom. The van der Waals surface area contributed by atoms with Gasteiger partial charge < -0.3 is 14.6 Å². The van der Waals surface area contributed by atoms with Gasteiger partial charge in [0.1, 0.15) is 22.1 Å². The summed E-state index contributed by atoms with van der Waals surface area (Å²) in [4.78, 5) is 0. The van der Waals surface area contributed by atoms with E-state index in [2.05, 4.69) is 31.9 Å². The van der Waals surface area contributed by atoms with E-state index < -0.39 is 6.10 Å². The second kappa shape index (κ2) is 6.81. The lowest BCUT2D eigenvalue weighted by Crippen LogP contribution is -2.04. The Kier molecular flexibility index (Phi) is 5.30. The summed E-state index contributed by atoms with van der Waals surface area (Å²) in [6, 6.07) is 9.39. The number of aliphatic hydroxyl groups excluding tert-OH is 1. The zero-order valence-corrected chi connectivity index (χ0v) is 15.2. The number of benzene rings is 2. The minimum Gasteiger partial charge on any atom is -0.495 e. The van der Waals surface area contributed by atoms with E-state index in [4.69, 9.17) is 9.47 Å². The minimum atomic E-state index is -0.779. The van der Waals surface area contributed by atoms with E-state index >= 15 is 0 Å². The van der Waals surface area contributed by atoms with Crippen molar-refractivity contribution in [2.75, 3.05) is 14.2 Å². The highest BCUT2D eigenvalue weighted by Gasteiger charge is 2.20. The summed E-state index contributed by atoms with van der Waals surface area (Å²) < 4.78 is 12.3. The molecule has 21 heavy (non-hydrogen) atoms. The van der Waals surface area contributed by atoms with Gasteiger partial charge in [0.25, 0.3) is 0 Å². The summed E-state index contributed by atoms with van der Waals surface area (Å²) in [6.07, 6.45) is -0.779. The molecule has 0 aliphatic heterocycles. The summed E-state index contributed by atoms with van der Waals surface area (Å²) in [5.74, 6) is 1.23. The molecule has 0 saturated carbocycles. The topological polar surface area (TPSA) is 38.7 Å². The van der Waals surface area contributed by atoms with Crippen LogP contribution in [-0.2, 0) is 0 Å². The number of hydrogen-bond acceptors (Lipinski definition) is 3. The third-order valence-electron chi connectivity index (χ3n) is 3.32. The molecule has 0 aliphatic carbocycles. The number of methoxy groups -OCH3 is 2. The summed E-state index contributed by atoms with van der Waals surface area (Å²) in [6.45, 7) is 2.00. The lowest BCUT2D eigenvalue weighted by Gasteiger charge is -2.18. The monoisotopic (exact) mass is 414 g/mol. The van der Waals surface area contributed by atoms with Gasteiger partial charge in [-0.25, -0.2) is 0 Å². The Morgan fingerprint density at radius 3 is 2.33 bits per heavy atom. The molecule has 3 nitrogen and oxygen atoms in total. The SMILES string of the molecule is COc1ccc(C(O)c2ccc(C)c(Br)c2)c(OC)c1Br. The molecule has 1 unspecified atom stereocenters. The van der Waals surface area contributed by atoms with Crippen molar-refractivity contribution in [2.24, 2.45) is 0 Å². The van der Waals surface area contributed by atoms with Gasteiger partial charge in [-0.2, -0.15) is 0 Å². The van der Waals surface area contributed by atoms with Crippen molar-refractivity contribution in [3.63, 3.8) is 0 Å². The second-order valence-corrected chi connectivity index (χ2v) is 6.26. The van der Waals surface area contributed by atoms with Gasteiger partial charge in [0, 0.05) is 10.0 Å². The Balaban J connectivity index is 2.50. The predicted octanol–water partition coefficient (Wildman–Crippen LogP) is 4.62. The van der Waals surface area contributed by atoms with E-state index in [0.29, 0.717) is 21.5 Å². The largest absolute Gasteiger partial charge is 0.495 e. The maximum atomic E-state index is 10.6. The Bertz CT molecular complexity index is 656. The van der Waals surface area contributed by atoms with Crippen LogP contribution in [-0.4, -0.2) is 19.3 Å². The predicted molar refractivity (Wildman–Crippen MR) is 90.2 cm³/mol. The minimum absolute atomic E-state index is 0.568. The number of hydrogen-bond donors (Lipinski definition) is 1. The maximum Gasteiger partial charge on any atom is 0.142 e. The molecule has 0 spiro atoms. The average Bonchev–Trinajstić information content (AvgIpc) is 2.49. The summed E-state index contributed by atoms with van der Waals surface area (Å²) >= 11 is 6.94. The Hall–Kier alpha value is -1.04. The van der Waals surface area contributed by atoms with Crippen molar-refractivity contribution in [3.8, 4) is 11.5 Å². The molecule has 2 rings (SSSR count). The quantitative estimate of drug-likeness (QED) is 0.791. The molecule has 2 aromatic rings. The van der Waals surface area contributed by atoms with Gasteiger partial charge in [-0.3, -0.25) is 0 Å². The van der Waals surface area contributed by atoms with Crippen LogP contribution < -0.4 is 9.47 Å². The van der Waals surface area contributed by atoms with Gasteiger partial charge in [0.15, 0.2) is 0 Å². The first kappa shape index (κ1) is 16.3. The van der Waals surface area contributed by atoms with Crippen LogP contribution in [0.25, 0.3) is 0 Å². The van der Waals surface area contributed by atoms with Gasteiger partial charge >= 0.3 is 0 Å². The average molecular weight is 416 g/mol. The van der Waals surface area contributed by atoms with Crippen LogP contribution in [0, 0.1) is 6.92 Å². The van der Waals surface area contributed by atoms with Crippen molar-refractivity contribution in [1.29, 1.82) is 0 Å². The van der Waals surface area contributed by atoms with Crippen molar-refractivity contribution >= 4 is 31.9 Å². The van der Waals surface area contributed by atoms with Gasteiger partial charge in [0.2, 0.25) is 0 Å². The highest BCUT2D eigenvalue weighted by molar-refractivity contribution is 9.11. The molecule has 5 heteroatoms. The number of halogens is 2. The van der Waals surface area contributed by atoms with Crippen LogP contribution in [0.15, 0.2) is 39.3 Å². The molecule has 0 bridgehead atoms. The molecule has 0 aliphatic rings. The van der Waals surface area contributed by atoms with Gasteiger partial charge in [-0.1, -0.05) is 28.1 Å². The van der Waals surface area contributed by atoms with E-state index in [9.17, 15) is 5.11 Å². The summed E-state index contributed by atoms with van der Waals surface area (Å²) in [5, 5.41) is 10.6. The van der Waals surface area contributed by atoms with Crippen LogP contribution in [0.4, 0.5) is 0 Å². The van der Waals surface area contributed by atoms with Crippen molar-refractivity contribution < 1.29 is 14.6 Å². The fourth-order valence-electron chi connectivity index (χ4n) is 2.09. The molecule has 0 radical (unpaired) electrons. The van der Waals surface area contributed by atoms with E-state index in [0.717, 1.165) is 15.6 Å². The molecule has 2 aromatic carbocycles. The molecule has 0 aromatic heterocycles. The van der Waals surface area contributed by atoms with Crippen molar-refractivity contribution in [3.05, 3.63) is 56.0 Å². The zero-order chi connectivity index (χ0) is 15.6. The normalized spacial score (nSPS) is 12.1. The molecule has 0 heterocycles. The van der Waals surface area contributed by atoms with Gasteiger partial charge in [0.05, 0.1) is 14.2 Å². The van der Waals surface area contributed by atoms with Gasteiger partial charge in [-0.15, -0.1) is 0 Å². The molecule has 1 N–H and O–H groups in total. The molecular formula is C16H16Br2O3. The van der Waals surface area contributed by atoms with Crippen LogP contribution in [0.3, 0.4) is 0 Å². The third kappa shape index (κ3) is 3.25. The fourth-order valence-corrected chi connectivity index (χ4v) is 3.17. The fraction of sp³-hybridized carbons (Fsp3) is 0.250. The lowest BCUT2D eigenvalue weighted by atomic mass is 9.99. The Morgan fingerprint density at radius 1 is 1.05 bits per heavy atom. The van der Waals surface area contributed by atoms with E-state index in [1.54, 1.807) is 26.4 Å². The second-order valence-electron chi connectivity index (χ2n) is 4.62. The summed E-state index contributed by atoms with van der Waals surface area (Å²) in [7, 11) is 3.16. The standard InChI is InChI=1S/C16H16Br2O3/c1-9-4-5-10(8-12(9)17)15(19)11-6-7-13(20-2)14(18)16(11)21-3/h4-8,15,19H,1-3H3. The van der Waals surface area contributed by atoms with E-state index in [-0.39, 0.29) is 0 Å². The van der Waals surface area contributed by atoms with Crippen LogP contribution in [0.1, 0.15) is 22.8 Å². The maximum absolute atomic E-state index is 10.6. The number of ether oxygens (including phenoxy) is 2. The van der Waals surface area contributed by atoms with Crippen LogP contribution in [0.5, 0.6) is 11.5 Å². The first-order valence-electron chi connectivity index (χ1n) is 6.34. The number of rotatable bonds is 4. The Labute approximate surface area is 141 Å². The molecule has 1 atom stereocenters. The highest BCUT2D eigenvalue weighted by atomic mass is 79.9. The molecular weight excluding hydrogens is 400 g/mol. The third-order valence-corrected chi connectivity index (χ3v) is 4.93. The molecule has 0 saturated heterocycles. The van der Waals surface area contributed by atoms with E-state index in [1.165, 1.54) is 0 Å².